The van der Waals surface area contributed by atoms with Crippen LogP contribution in [-0.2, 0) is 0 Å². The minimum Gasteiger partial charge on any atom is -0.424 e. The molecule has 4 nitrogen and oxygen atoms in total. The molecule has 0 N–H and O–H groups in total. The number of rotatable bonds is 3. The van der Waals surface area contributed by atoms with Crippen molar-refractivity contribution in [2.75, 3.05) is 0 Å². The van der Waals surface area contributed by atoms with Crippen LogP contribution in [-0.4, -0.2) is 9.97 Å². The van der Waals surface area contributed by atoms with E-state index < -0.39 is 0 Å². The largest absolute Gasteiger partial charge is 0.424 e. The fourth-order valence-electron chi connectivity index (χ4n) is 1.60. The maximum atomic E-state index is 8.78. The van der Waals surface area contributed by atoms with Crippen molar-refractivity contribution in [1.82, 2.24) is 9.97 Å². The van der Waals surface area contributed by atoms with Gasteiger partial charge in [-0.1, -0.05) is 32.0 Å². The SMILES string of the molecule is CC(C)c1ccccc1Oc1nccc(C#N)n1. The molecule has 1 aromatic heterocycles. The molecule has 4 heteroatoms. The van der Waals surface area contributed by atoms with Crippen molar-refractivity contribution >= 4 is 0 Å². The average Bonchev–Trinajstić information content (AvgIpc) is 2.39. The fourth-order valence-corrected chi connectivity index (χ4v) is 1.60. The summed E-state index contributed by atoms with van der Waals surface area (Å²) in [7, 11) is 0. The Morgan fingerprint density at radius 3 is 2.72 bits per heavy atom. The number of benzene rings is 1. The van der Waals surface area contributed by atoms with Crippen LogP contribution in [0.25, 0.3) is 0 Å². The highest BCUT2D eigenvalue weighted by molar-refractivity contribution is 5.37. The van der Waals surface area contributed by atoms with Crippen LogP contribution in [0.4, 0.5) is 0 Å². The van der Waals surface area contributed by atoms with E-state index in [2.05, 4.69) is 23.8 Å². The summed E-state index contributed by atoms with van der Waals surface area (Å²) in [5, 5.41) is 8.78. The molecule has 0 bridgehead atoms. The molecule has 1 heterocycles. The Bertz CT molecular complexity index is 588. The molecule has 0 unspecified atom stereocenters. The van der Waals surface area contributed by atoms with Crippen molar-refractivity contribution in [3.63, 3.8) is 0 Å². The summed E-state index contributed by atoms with van der Waals surface area (Å²) in [4.78, 5) is 7.99. The van der Waals surface area contributed by atoms with Gasteiger partial charge in [0.1, 0.15) is 17.5 Å². The van der Waals surface area contributed by atoms with Crippen molar-refractivity contribution in [2.24, 2.45) is 0 Å². The van der Waals surface area contributed by atoms with Gasteiger partial charge in [0.05, 0.1) is 0 Å². The second-order valence-corrected chi connectivity index (χ2v) is 4.13. The molecule has 2 rings (SSSR count). The average molecular weight is 239 g/mol. The van der Waals surface area contributed by atoms with Crippen molar-refractivity contribution in [1.29, 1.82) is 5.26 Å². The highest BCUT2D eigenvalue weighted by Crippen LogP contribution is 2.28. The van der Waals surface area contributed by atoms with Crippen LogP contribution in [0.2, 0.25) is 0 Å². The Balaban J connectivity index is 2.31. The Morgan fingerprint density at radius 1 is 1.22 bits per heavy atom. The standard InChI is InChI=1S/C14H13N3O/c1-10(2)12-5-3-4-6-13(12)18-14-16-8-7-11(9-15)17-14/h3-8,10H,1-2H3. The third kappa shape index (κ3) is 2.64. The highest BCUT2D eigenvalue weighted by Gasteiger charge is 2.09. The zero-order valence-electron chi connectivity index (χ0n) is 10.3. The maximum absolute atomic E-state index is 8.78. The molecule has 0 aliphatic heterocycles. The lowest BCUT2D eigenvalue weighted by molar-refractivity contribution is 0.433. The molecule has 0 aliphatic carbocycles. The zero-order valence-corrected chi connectivity index (χ0v) is 10.3. The van der Waals surface area contributed by atoms with Gasteiger partial charge in [-0.05, 0) is 23.6 Å². The smallest absolute Gasteiger partial charge is 0.323 e. The van der Waals surface area contributed by atoms with E-state index >= 15 is 0 Å². The third-order valence-corrected chi connectivity index (χ3v) is 2.49. The summed E-state index contributed by atoms with van der Waals surface area (Å²) in [6, 6.07) is 11.4. The van der Waals surface area contributed by atoms with Gasteiger partial charge >= 0.3 is 6.01 Å². The van der Waals surface area contributed by atoms with Gasteiger partial charge in [0.25, 0.3) is 0 Å². The molecule has 0 saturated carbocycles. The third-order valence-electron chi connectivity index (χ3n) is 2.49. The minimum atomic E-state index is 0.196. The lowest BCUT2D eigenvalue weighted by Gasteiger charge is -2.11. The number of hydrogen-bond donors (Lipinski definition) is 0. The molecule has 0 aliphatic rings. The maximum Gasteiger partial charge on any atom is 0.323 e. The predicted octanol–water partition coefficient (Wildman–Crippen LogP) is 3.26. The van der Waals surface area contributed by atoms with Gasteiger partial charge in [-0.2, -0.15) is 10.2 Å². The number of nitriles is 1. The molecule has 0 fully saturated rings. The first-order chi connectivity index (χ1) is 8.70. The number of hydrogen-bond acceptors (Lipinski definition) is 4. The van der Waals surface area contributed by atoms with Crippen LogP contribution >= 0.6 is 0 Å². The second kappa shape index (κ2) is 5.28. The topological polar surface area (TPSA) is 58.8 Å². The van der Waals surface area contributed by atoms with Crippen LogP contribution in [0.5, 0.6) is 11.8 Å². The van der Waals surface area contributed by atoms with E-state index in [9.17, 15) is 0 Å². The number of ether oxygens (including phenoxy) is 1. The van der Waals surface area contributed by atoms with E-state index in [1.165, 1.54) is 6.20 Å². The van der Waals surface area contributed by atoms with Crippen LogP contribution in [0, 0.1) is 11.3 Å². The molecule has 0 atom stereocenters. The molecule has 1 aromatic carbocycles. The van der Waals surface area contributed by atoms with E-state index in [0.29, 0.717) is 11.6 Å². The van der Waals surface area contributed by atoms with Gasteiger partial charge in [-0.15, -0.1) is 0 Å². The normalized spacial score (nSPS) is 10.1. The highest BCUT2D eigenvalue weighted by atomic mass is 16.5. The molecule has 90 valence electrons. The zero-order chi connectivity index (χ0) is 13.0. The first-order valence-electron chi connectivity index (χ1n) is 5.70. The lowest BCUT2D eigenvalue weighted by atomic mass is 10.0. The summed E-state index contributed by atoms with van der Waals surface area (Å²) in [5.74, 6) is 1.07. The Kier molecular flexibility index (Phi) is 3.54. The molecule has 0 radical (unpaired) electrons. The first kappa shape index (κ1) is 12.1. The monoisotopic (exact) mass is 239 g/mol. The van der Waals surface area contributed by atoms with E-state index in [1.54, 1.807) is 6.07 Å². The van der Waals surface area contributed by atoms with E-state index in [1.807, 2.05) is 30.3 Å². The molecule has 2 aromatic rings. The molecule has 0 spiro atoms. The first-order valence-corrected chi connectivity index (χ1v) is 5.70. The summed E-state index contributed by atoms with van der Waals surface area (Å²) < 4.78 is 5.64. The molecule has 0 saturated heterocycles. The molecular weight excluding hydrogens is 226 g/mol. The van der Waals surface area contributed by atoms with Crippen LogP contribution in [0.1, 0.15) is 31.0 Å². The summed E-state index contributed by atoms with van der Waals surface area (Å²) in [6.07, 6.45) is 1.51. The van der Waals surface area contributed by atoms with Crippen molar-refractivity contribution in [3.8, 4) is 17.8 Å². The fraction of sp³-hybridized carbons (Fsp3) is 0.214. The van der Waals surface area contributed by atoms with Gasteiger partial charge in [-0.25, -0.2) is 4.98 Å². The summed E-state index contributed by atoms with van der Waals surface area (Å²) in [5.41, 5.74) is 1.38. The van der Waals surface area contributed by atoms with Crippen LogP contribution in [0.3, 0.4) is 0 Å². The van der Waals surface area contributed by atoms with E-state index in [0.717, 1.165) is 11.3 Å². The van der Waals surface area contributed by atoms with Gasteiger partial charge in [-0.3, -0.25) is 0 Å². The van der Waals surface area contributed by atoms with Crippen molar-refractivity contribution < 1.29 is 4.74 Å². The van der Waals surface area contributed by atoms with Gasteiger partial charge in [0.15, 0.2) is 0 Å². The summed E-state index contributed by atoms with van der Waals surface area (Å²) in [6.45, 7) is 4.18. The Labute approximate surface area is 106 Å². The molecule has 0 amide bonds. The van der Waals surface area contributed by atoms with Crippen molar-refractivity contribution in [3.05, 3.63) is 47.8 Å². The number of aromatic nitrogens is 2. The quantitative estimate of drug-likeness (QED) is 0.824. The number of para-hydroxylation sites is 1. The summed E-state index contributed by atoms with van der Waals surface area (Å²) >= 11 is 0. The Hall–Kier alpha value is -2.41. The Morgan fingerprint density at radius 2 is 2.00 bits per heavy atom. The van der Waals surface area contributed by atoms with Gasteiger partial charge in [0, 0.05) is 6.20 Å². The van der Waals surface area contributed by atoms with E-state index in [4.69, 9.17) is 10.00 Å². The minimum absolute atomic E-state index is 0.196. The second-order valence-electron chi connectivity index (χ2n) is 4.13. The van der Waals surface area contributed by atoms with Gasteiger partial charge in [0.2, 0.25) is 0 Å². The van der Waals surface area contributed by atoms with Gasteiger partial charge < -0.3 is 4.74 Å². The molecule has 18 heavy (non-hydrogen) atoms. The molecular formula is C14H13N3O. The van der Waals surface area contributed by atoms with Crippen molar-refractivity contribution in [2.45, 2.75) is 19.8 Å². The predicted molar refractivity (Wildman–Crippen MR) is 67.4 cm³/mol. The lowest BCUT2D eigenvalue weighted by Crippen LogP contribution is -1.97. The van der Waals surface area contributed by atoms with Crippen LogP contribution < -0.4 is 4.74 Å². The number of nitrogens with zero attached hydrogens (tertiary/aromatic N) is 3. The van der Waals surface area contributed by atoms with E-state index in [-0.39, 0.29) is 6.01 Å². The van der Waals surface area contributed by atoms with Crippen LogP contribution in [0.15, 0.2) is 36.5 Å².